The van der Waals surface area contributed by atoms with Gasteiger partial charge in [0.05, 0.1) is 0 Å². The fraction of sp³-hybridized carbons (Fsp3) is 0.0870. The molecule has 0 aromatic heterocycles. The molecule has 72 heavy (non-hydrogen) atoms. The first-order chi connectivity index (χ1) is 35.3. The molecule has 0 unspecified atom stereocenters. The zero-order valence-corrected chi connectivity index (χ0v) is 40.2. The zero-order valence-electron chi connectivity index (χ0n) is 40.2. The minimum absolute atomic E-state index is 0.256. The molecule has 0 fully saturated rings. The summed E-state index contributed by atoms with van der Waals surface area (Å²) in [6.07, 6.45) is 3.84. The lowest BCUT2D eigenvalue weighted by Gasteiger charge is -2.14. The van der Waals surface area contributed by atoms with E-state index in [1.807, 2.05) is 146 Å². The van der Waals surface area contributed by atoms with E-state index >= 15 is 14.4 Å². The van der Waals surface area contributed by atoms with Gasteiger partial charge in [0.1, 0.15) is 0 Å². The van der Waals surface area contributed by atoms with Crippen LogP contribution >= 0.6 is 0 Å². The molecule has 348 valence electrons. The highest BCUT2D eigenvalue weighted by molar-refractivity contribution is 6.17. The van der Waals surface area contributed by atoms with Crippen molar-refractivity contribution in [2.24, 2.45) is 0 Å². The first-order valence-corrected chi connectivity index (χ1v) is 24.7. The smallest absolute Gasteiger partial charge is 0.193 e. The summed E-state index contributed by atoms with van der Waals surface area (Å²) >= 11 is 0. The van der Waals surface area contributed by atoms with Gasteiger partial charge in [0.2, 0.25) is 0 Å². The van der Waals surface area contributed by atoms with E-state index in [9.17, 15) is 0 Å². The molecule has 0 N–H and O–H groups in total. The van der Waals surface area contributed by atoms with Gasteiger partial charge in [-0.3, -0.25) is 14.4 Å². The lowest BCUT2D eigenvalue weighted by Crippen LogP contribution is -2.12. The van der Waals surface area contributed by atoms with Crippen LogP contribution in [-0.2, 0) is 38.5 Å². The summed E-state index contributed by atoms with van der Waals surface area (Å²) in [4.78, 5) is 45.9. The minimum Gasteiger partial charge on any atom is -0.289 e. The van der Waals surface area contributed by atoms with Gasteiger partial charge < -0.3 is 0 Å². The van der Waals surface area contributed by atoms with Crippen LogP contribution in [0.25, 0.3) is 0 Å². The Balaban J connectivity index is 1.09. The predicted octanol–water partition coefficient (Wildman–Crippen LogP) is 14.9. The molecule has 3 nitrogen and oxygen atoms in total. The Bertz CT molecular complexity index is 2910. The number of carbonyl (C=O) groups excluding carboxylic acids is 3. The number of hydrogen-bond donors (Lipinski definition) is 0. The lowest BCUT2D eigenvalue weighted by atomic mass is 9.88. The van der Waals surface area contributed by atoms with E-state index in [1.54, 1.807) is 18.2 Å². The zero-order chi connectivity index (χ0) is 49.1. The molecule has 0 radical (unpaired) electrons. The van der Waals surface area contributed by atoms with Gasteiger partial charge in [-0.2, -0.15) is 0 Å². The fourth-order valence-corrected chi connectivity index (χ4v) is 9.80. The van der Waals surface area contributed by atoms with Gasteiger partial charge >= 0.3 is 0 Å². The van der Waals surface area contributed by atoms with Crippen LogP contribution < -0.4 is 0 Å². The number of ketones is 3. The summed E-state index contributed by atoms with van der Waals surface area (Å²) in [5, 5.41) is 0. The summed E-state index contributed by atoms with van der Waals surface area (Å²) in [5.74, 6) is -0.769. The van der Waals surface area contributed by atoms with Gasteiger partial charge in [-0.1, -0.05) is 200 Å². The van der Waals surface area contributed by atoms with Gasteiger partial charge in [0, 0.05) is 33.4 Å². The van der Waals surface area contributed by atoms with Crippen molar-refractivity contribution in [2.45, 2.75) is 38.5 Å². The molecular formula is C69H54O3. The molecule has 0 heterocycles. The first-order valence-electron chi connectivity index (χ1n) is 24.7. The number of carbonyl (C=O) groups is 3. The quantitative estimate of drug-likeness (QED) is 0.0806. The molecule has 10 aromatic rings. The SMILES string of the molecule is O=C(c1cc(Cc2ccccc2)cc(Cc2ccccc2)c1)c1cc(C(=O)c2cc(Cc3ccccc3)cc(Cc3ccccc3)c2)cc(C(=O)c2cc(Cc3ccccc3)cc(Cc3ccccc3)c2)c1. The molecule has 0 aliphatic rings. The molecule has 0 saturated heterocycles. The molecule has 10 aromatic carbocycles. The first kappa shape index (κ1) is 46.9. The largest absolute Gasteiger partial charge is 0.289 e. The average Bonchev–Trinajstić information content (AvgIpc) is 3.41. The summed E-state index contributed by atoms with van der Waals surface area (Å²) in [5.41, 5.74) is 15.2. The van der Waals surface area contributed by atoms with Crippen molar-refractivity contribution >= 4 is 17.3 Å². The number of rotatable bonds is 18. The van der Waals surface area contributed by atoms with Crippen LogP contribution in [-0.4, -0.2) is 17.3 Å². The normalized spacial score (nSPS) is 11.0. The van der Waals surface area contributed by atoms with E-state index in [0.29, 0.717) is 55.2 Å². The van der Waals surface area contributed by atoms with Crippen LogP contribution in [0.15, 0.2) is 255 Å². The van der Waals surface area contributed by atoms with Crippen molar-refractivity contribution in [1.82, 2.24) is 0 Å². The molecular weight excluding hydrogens is 877 g/mol. The molecule has 0 aliphatic carbocycles. The van der Waals surface area contributed by atoms with Crippen LogP contribution in [0.3, 0.4) is 0 Å². The van der Waals surface area contributed by atoms with Gasteiger partial charge in [-0.25, -0.2) is 0 Å². The Morgan fingerprint density at radius 3 is 0.500 bits per heavy atom. The Hall–Kier alpha value is -8.79. The Morgan fingerprint density at radius 1 is 0.181 bits per heavy atom. The van der Waals surface area contributed by atoms with Crippen molar-refractivity contribution in [1.29, 1.82) is 0 Å². The van der Waals surface area contributed by atoms with Crippen LogP contribution in [0.1, 0.15) is 115 Å². The molecule has 0 saturated carbocycles. The molecule has 0 aliphatic heterocycles. The maximum atomic E-state index is 15.3. The van der Waals surface area contributed by atoms with E-state index in [4.69, 9.17) is 0 Å². The van der Waals surface area contributed by atoms with Crippen molar-refractivity contribution < 1.29 is 14.4 Å². The molecule has 3 heteroatoms. The van der Waals surface area contributed by atoms with Crippen molar-refractivity contribution in [3.05, 3.63) is 355 Å². The van der Waals surface area contributed by atoms with Gasteiger partial charge in [-0.05, 0) is 160 Å². The lowest BCUT2D eigenvalue weighted by molar-refractivity contribution is 0.103. The van der Waals surface area contributed by atoms with Gasteiger partial charge in [0.15, 0.2) is 17.3 Å². The van der Waals surface area contributed by atoms with E-state index in [0.717, 1.165) is 66.8 Å². The average molecular weight is 931 g/mol. The Morgan fingerprint density at radius 2 is 0.333 bits per heavy atom. The van der Waals surface area contributed by atoms with Gasteiger partial charge in [0.25, 0.3) is 0 Å². The molecule has 0 bridgehead atoms. The highest BCUT2D eigenvalue weighted by atomic mass is 16.1. The molecule has 10 rings (SSSR count). The minimum atomic E-state index is -0.256. The van der Waals surface area contributed by atoms with Crippen molar-refractivity contribution in [3.8, 4) is 0 Å². The summed E-state index contributed by atoms with van der Waals surface area (Å²) in [6.45, 7) is 0. The number of hydrogen-bond acceptors (Lipinski definition) is 3. The highest BCUT2D eigenvalue weighted by Crippen LogP contribution is 2.27. The highest BCUT2D eigenvalue weighted by Gasteiger charge is 2.22. The Labute approximate surface area is 423 Å². The van der Waals surface area contributed by atoms with E-state index < -0.39 is 0 Å². The van der Waals surface area contributed by atoms with Crippen LogP contribution in [0.5, 0.6) is 0 Å². The maximum Gasteiger partial charge on any atom is 0.193 e. The van der Waals surface area contributed by atoms with Crippen LogP contribution in [0.4, 0.5) is 0 Å². The second-order valence-electron chi connectivity index (χ2n) is 18.9. The Kier molecular flexibility index (Phi) is 14.5. The summed E-state index contributed by atoms with van der Waals surface area (Å²) < 4.78 is 0. The van der Waals surface area contributed by atoms with E-state index in [-0.39, 0.29) is 34.0 Å². The topological polar surface area (TPSA) is 51.2 Å². The molecule has 0 atom stereocenters. The van der Waals surface area contributed by atoms with Crippen LogP contribution in [0, 0.1) is 0 Å². The summed E-state index contributed by atoms with van der Waals surface area (Å²) in [7, 11) is 0. The van der Waals surface area contributed by atoms with Gasteiger partial charge in [-0.15, -0.1) is 0 Å². The second-order valence-corrected chi connectivity index (χ2v) is 18.9. The third kappa shape index (κ3) is 12.1. The second kappa shape index (κ2) is 22.3. The standard InChI is InChI=1S/C69H54O3/c70-67(61-40-55(31-49-19-7-1-8-20-49)37-56(41-61)32-50-21-9-2-10-22-50)64-46-65(68(71)62-42-57(33-51-23-11-3-12-24-51)38-58(43-62)34-52-25-13-4-14-26-52)48-66(47-64)69(72)63-44-59(35-53-27-15-5-16-28-53)39-60(45-63)36-54-29-17-6-18-30-54/h1-30,37-48H,31-36H2. The van der Waals surface area contributed by atoms with Crippen molar-refractivity contribution in [2.75, 3.05) is 0 Å². The molecule has 0 spiro atoms. The van der Waals surface area contributed by atoms with E-state index in [2.05, 4.69) is 91.0 Å². The third-order valence-electron chi connectivity index (χ3n) is 13.2. The van der Waals surface area contributed by atoms with Crippen molar-refractivity contribution in [3.63, 3.8) is 0 Å². The van der Waals surface area contributed by atoms with Crippen LogP contribution in [0.2, 0.25) is 0 Å². The third-order valence-corrected chi connectivity index (χ3v) is 13.2. The van der Waals surface area contributed by atoms with E-state index in [1.165, 1.54) is 0 Å². The predicted molar refractivity (Wildman–Crippen MR) is 292 cm³/mol. The fourth-order valence-electron chi connectivity index (χ4n) is 9.80. The maximum absolute atomic E-state index is 15.3. The monoisotopic (exact) mass is 930 g/mol. The molecule has 0 amide bonds. The number of benzene rings is 10. The summed E-state index contributed by atoms with van der Waals surface area (Å²) in [6, 6.07) is 84.9.